The van der Waals surface area contributed by atoms with Crippen molar-refractivity contribution in [3.63, 3.8) is 0 Å². The smallest absolute Gasteiger partial charge is 0.0289 e. The van der Waals surface area contributed by atoms with Crippen molar-refractivity contribution < 1.29 is 0 Å². The molecule has 2 aliphatic heterocycles. The molecule has 1 aromatic carbocycles. The highest BCUT2D eigenvalue weighted by atomic mass is 15.2. The van der Waals surface area contributed by atoms with E-state index in [9.17, 15) is 0 Å². The van der Waals surface area contributed by atoms with Gasteiger partial charge in [0, 0.05) is 18.3 Å². The lowest BCUT2D eigenvalue weighted by Crippen LogP contribution is -2.50. The molecule has 1 aliphatic carbocycles. The number of aryl methyl sites for hydroxylation is 3. The summed E-state index contributed by atoms with van der Waals surface area (Å²) in [6, 6.07) is 7.64. The molecule has 1 saturated carbocycles. The maximum absolute atomic E-state index is 4.40. The van der Waals surface area contributed by atoms with Gasteiger partial charge in [-0.05, 0) is 74.5 Å². The van der Waals surface area contributed by atoms with Gasteiger partial charge in [-0.2, -0.15) is 0 Å². The molecule has 4 rings (SSSR count). The van der Waals surface area contributed by atoms with Crippen molar-refractivity contribution in [3.8, 4) is 0 Å². The predicted molar refractivity (Wildman–Crippen MR) is 90.4 cm³/mol. The molecule has 3 atom stereocenters. The Morgan fingerprint density at radius 3 is 2.67 bits per heavy atom. The molecule has 0 radical (unpaired) electrons. The number of allylic oxidation sites excluding steroid dienone is 1. The van der Waals surface area contributed by atoms with Crippen molar-refractivity contribution in [2.45, 2.75) is 58.9 Å². The summed E-state index contributed by atoms with van der Waals surface area (Å²) >= 11 is 0. The van der Waals surface area contributed by atoms with Gasteiger partial charge in [-0.3, -0.25) is 0 Å². The molecule has 0 spiro atoms. The first-order valence-corrected chi connectivity index (χ1v) is 8.55. The number of fused-ring (bicyclic) bond motifs is 3. The van der Waals surface area contributed by atoms with Crippen LogP contribution in [0.5, 0.6) is 0 Å². The lowest BCUT2D eigenvalue weighted by Gasteiger charge is -2.50. The average Bonchev–Trinajstić information content (AvgIpc) is 2.48. The molecule has 2 saturated heterocycles. The van der Waals surface area contributed by atoms with Crippen LogP contribution in [0.15, 0.2) is 30.5 Å². The van der Waals surface area contributed by atoms with Crippen LogP contribution < -0.4 is 0 Å². The van der Waals surface area contributed by atoms with Gasteiger partial charge in [0.25, 0.3) is 0 Å². The van der Waals surface area contributed by atoms with Crippen molar-refractivity contribution in [1.29, 1.82) is 0 Å². The molecule has 3 aliphatic rings. The molecular formula is C20H29N. The highest BCUT2D eigenvalue weighted by molar-refractivity contribution is 5.30. The molecule has 2 bridgehead atoms. The van der Waals surface area contributed by atoms with E-state index >= 15 is 0 Å². The summed E-state index contributed by atoms with van der Waals surface area (Å²) in [6.07, 6.45) is 6.45. The van der Waals surface area contributed by atoms with Crippen LogP contribution in [-0.4, -0.2) is 17.5 Å². The van der Waals surface area contributed by atoms with Crippen molar-refractivity contribution in [3.05, 3.63) is 47.2 Å². The Hall–Kier alpha value is -1.24. The zero-order valence-corrected chi connectivity index (χ0v) is 13.9. The zero-order valence-electron chi connectivity index (χ0n) is 13.9. The van der Waals surface area contributed by atoms with Gasteiger partial charge in [-0.25, -0.2) is 0 Å². The normalized spacial score (nSPS) is 28.0. The van der Waals surface area contributed by atoms with Crippen LogP contribution in [0.3, 0.4) is 0 Å². The van der Waals surface area contributed by atoms with Crippen molar-refractivity contribution in [1.82, 2.24) is 4.90 Å². The molecule has 1 nitrogen and oxygen atoms in total. The van der Waals surface area contributed by atoms with Crippen LogP contribution in [0.25, 0.3) is 0 Å². The average molecular weight is 283 g/mol. The third kappa shape index (κ3) is 3.02. The summed E-state index contributed by atoms with van der Waals surface area (Å²) in [5.74, 6) is 1.83. The van der Waals surface area contributed by atoms with E-state index in [0.29, 0.717) is 0 Å². The molecule has 114 valence electrons. The van der Waals surface area contributed by atoms with E-state index in [1.165, 1.54) is 48.2 Å². The van der Waals surface area contributed by atoms with E-state index in [-0.39, 0.29) is 0 Å². The fraction of sp³-hybridized carbons (Fsp3) is 0.600. The second-order valence-corrected chi connectivity index (χ2v) is 7.34. The molecule has 1 aromatic rings. The standard InChI is InChI=1S/C20H29N/c1-14-5-7-18(11-15(14)2)8-6-17(4)21-13-19-9-10-20(21)12-16(19)3/h5,7,11,16,19-20H,4,6,8-10,12-13H2,1-3H3. The number of hydrogen-bond acceptors (Lipinski definition) is 1. The maximum atomic E-state index is 4.40. The van der Waals surface area contributed by atoms with Crippen molar-refractivity contribution in [2.75, 3.05) is 6.54 Å². The minimum Gasteiger partial charge on any atom is -0.372 e. The second kappa shape index (κ2) is 5.87. The van der Waals surface area contributed by atoms with Gasteiger partial charge in [0.05, 0.1) is 0 Å². The number of hydrogen-bond donors (Lipinski definition) is 0. The monoisotopic (exact) mass is 283 g/mol. The third-order valence-corrected chi connectivity index (χ3v) is 5.87. The number of rotatable bonds is 4. The lowest BCUT2D eigenvalue weighted by molar-refractivity contribution is 0.0346. The minimum absolute atomic E-state index is 0.775. The summed E-state index contributed by atoms with van der Waals surface area (Å²) in [5.41, 5.74) is 5.62. The van der Waals surface area contributed by atoms with Crippen LogP contribution in [0.4, 0.5) is 0 Å². The van der Waals surface area contributed by atoms with Crippen LogP contribution in [-0.2, 0) is 6.42 Å². The quantitative estimate of drug-likeness (QED) is 0.762. The van der Waals surface area contributed by atoms with Crippen LogP contribution in [0, 0.1) is 25.7 Å². The van der Waals surface area contributed by atoms with Crippen molar-refractivity contribution >= 4 is 0 Å². The highest BCUT2D eigenvalue weighted by Crippen LogP contribution is 2.40. The van der Waals surface area contributed by atoms with E-state index < -0.39 is 0 Å². The van der Waals surface area contributed by atoms with Gasteiger partial charge < -0.3 is 4.90 Å². The Kier molecular flexibility index (Phi) is 4.10. The fourth-order valence-corrected chi connectivity index (χ4v) is 4.17. The fourth-order valence-electron chi connectivity index (χ4n) is 4.17. The first kappa shape index (κ1) is 14.7. The van der Waals surface area contributed by atoms with Gasteiger partial charge in [0.1, 0.15) is 0 Å². The molecular weight excluding hydrogens is 254 g/mol. The lowest BCUT2D eigenvalue weighted by atomic mass is 9.72. The summed E-state index contributed by atoms with van der Waals surface area (Å²) in [5, 5.41) is 0. The minimum atomic E-state index is 0.775. The Morgan fingerprint density at radius 1 is 1.24 bits per heavy atom. The molecule has 0 amide bonds. The summed E-state index contributed by atoms with van der Waals surface area (Å²) in [7, 11) is 0. The molecule has 1 heteroatoms. The topological polar surface area (TPSA) is 3.24 Å². The first-order valence-electron chi connectivity index (χ1n) is 8.55. The molecule has 0 N–H and O–H groups in total. The third-order valence-electron chi connectivity index (χ3n) is 5.87. The van der Waals surface area contributed by atoms with Crippen molar-refractivity contribution in [2.24, 2.45) is 11.8 Å². The van der Waals surface area contributed by atoms with E-state index in [0.717, 1.165) is 30.7 Å². The van der Waals surface area contributed by atoms with E-state index in [4.69, 9.17) is 0 Å². The molecule has 0 aromatic heterocycles. The van der Waals surface area contributed by atoms with E-state index in [1.807, 2.05) is 0 Å². The SMILES string of the molecule is C=C(CCc1ccc(C)c(C)c1)N1CC2CCC1CC2C. The summed E-state index contributed by atoms with van der Waals surface area (Å²) in [6.45, 7) is 12.5. The molecule has 21 heavy (non-hydrogen) atoms. The Labute approximate surface area is 130 Å². The molecule has 3 unspecified atom stereocenters. The summed E-state index contributed by atoms with van der Waals surface area (Å²) in [4.78, 5) is 2.63. The number of benzene rings is 1. The number of nitrogens with zero attached hydrogens (tertiary/aromatic N) is 1. The predicted octanol–water partition coefficient (Wildman–Crippen LogP) is 4.87. The largest absolute Gasteiger partial charge is 0.372 e. The first-order chi connectivity index (χ1) is 10.0. The second-order valence-electron chi connectivity index (χ2n) is 7.34. The van der Waals surface area contributed by atoms with Gasteiger partial charge in [0.15, 0.2) is 0 Å². The van der Waals surface area contributed by atoms with Gasteiger partial charge in [-0.1, -0.05) is 31.7 Å². The summed E-state index contributed by atoms with van der Waals surface area (Å²) < 4.78 is 0. The Morgan fingerprint density at radius 2 is 2.05 bits per heavy atom. The Bertz CT molecular complexity index is 531. The van der Waals surface area contributed by atoms with E-state index in [1.54, 1.807) is 0 Å². The zero-order chi connectivity index (χ0) is 15.0. The maximum Gasteiger partial charge on any atom is 0.0289 e. The Balaban J connectivity index is 1.58. The molecule has 3 fully saturated rings. The van der Waals surface area contributed by atoms with Gasteiger partial charge in [-0.15, -0.1) is 0 Å². The highest BCUT2D eigenvalue weighted by Gasteiger charge is 2.38. The molecule has 2 heterocycles. The van der Waals surface area contributed by atoms with Crippen LogP contribution in [0.2, 0.25) is 0 Å². The van der Waals surface area contributed by atoms with Crippen LogP contribution >= 0.6 is 0 Å². The number of piperidine rings is 2. The van der Waals surface area contributed by atoms with Crippen LogP contribution in [0.1, 0.15) is 49.3 Å². The van der Waals surface area contributed by atoms with E-state index in [2.05, 4.69) is 50.4 Å². The van der Waals surface area contributed by atoms with Gasteiger partial charge in [0.2, 0.25) is 0 Å². The van der Waals surface area contributed by atoms with Gasteiger partial charge >= 0.3 is 0 Å².